The lowest BCUT2D eigenvalue weighted by Crippen LogP contribution is -2.27. The van der Waals surface area contributed by atoms with E-state index in [-0.39, 0.29) is 11.4 Å². The molecule has 126 valence electrons. The second-order valence-electron chi connectivity index (χ2n) is 6.58. The summed E-state index contributed by atoms with van der Waals surface area (Å²) in [4.78, 5) is 12.2. The van der Waals surface area contributed by atoms with Gasteiger partial charge in [-0.25, -0.2) is 0 Å². The second kappa shape index (κ2) is 7.76. The first-order chi connectivity index (χ1) is 12.1. The topological polar surface area (TPSA) is 17.1 Å². The third-order valence-electron chi connectivity index (χ3n) is 4.87. The van der Waals surface area contributed by atoms with Crippen LogP contribution in [0.15, 0.2) is 91.0 Å². The molecule has 3 aromatic rings. The molecule has 0 aromatic heterocycles. The highest BCUT2D eigenvalue weighted by molar-refractivity contribution is 7.89. The van der Waals surface area contributed by atoms with Gasteiger partial charge in [0, 0.05) is 6.42 Å². The molecule has 1 nitrogen and oxygen atoms in total. The first-order valence-corrected chi connectivity index (χ1v) is 10.9. The van der Waals surface area contributed by atoms with Gasteiger partial charge in [0.25, 0.3) is 0 Å². The van der Waals surface area contributed by atoms with Crippen LogP contribution in [0.3, 0.4) is 0 Å². The maximum absolute atomic E-state index is 12.2. The van der Waals surface area contributed by atoms with E-state index >= 15 is 0 Å². The van der Waals surface area contributed by atoms with Gasteiger partial charge >= 0.3 is 0 Å². The minimum Gasteiger partial charge on any atom is -0.300 e. The van der Waals surface area contributed by atoms with E-state index in [0.717, 1.165) is 0 Å². The van der Waals surface area contributed by atoms with Gasteiger partial charge < -0.3 is 0 Å². The van der Waals surface area contributed by atoms with Crippen molar-refractivity contribution in [2.75, 3.05) is 6.66 Å². The van der Waals surface area contributed by atoms with Gasteiger partial charge in [-0.3, -0.25) is 4.79 Å². The van der Waals surface area contributed by atoms with Crippen molar-refractivity contribution in [1.29, 1.82) is 0 Å². The largest absolute Gasteiger partial charge is 0.300 e. The van der Waals surface area contributed by atoms with Crippen molar-refractivity contribution in [3.05, 3.63) is 96.6 Å². The third kappa shape index (κ3) is 3.72. The van der Waals surface area contributed by atoms with E-state index < -0.39 is 7.26 Å². The quantitative estimate of drug-likeness (QED) is 0.573. The van der Waals surface area contributed by atoms with Gasteiger partial charge in [0.15, 0.2) is 0 Å². The average molecular weight is 347 g/mol. The van der Waals surface area contributed by atoms with E-state index in [0.29, 0.717) is 6.42 Å². The summed E-state index contributed by atoms with van der Waals surface area (Å²) in [6.07, 6.45) is 0.568. The maximum atomic E-state index is 12.2. The molecule has 3 aromatic carbocycles. The SMILES string of the molecule is CC(=O)CC(c1ccccc1)[P+](C)(c1ccccc1)c1ccccc1. The lowest BCUT2D eigenvalue weighted by Gasteiger charge is -2.31. The van der Waals surface area contributed by atoms with Gasteiger partial charge in [0.1, 0.15) is 11.4 Å². The third-order valence-corrected chi connectivity index (χ3v) is 9.34. The van der Waals surface area contributed by atoms with Gasteiger partial charge in [0.05, 0.1) is 24.5 Å². The average Bonchev–Trinajstić information content (AvgIpc) is 2.67. The number of Topliss-reactive ketones (excluding diaryl/α,β-unsaturated/α-hetero) is 1. The van der Waals surface area contributed by atoms with Crippen molar-refractivity contribution in [2.45, 2.75) is 19.0 Å². The fourth-order valence-electron chi connectivity index (χ4n) is 3.53. The Balaban J connectivity index is 2.22. The highest BCUT2D eigenvalue weighted by Crippen LogP contribution is 2.66. The number of benzene rings is 3. The zero-order valence-electron chi connectivity index (χ0n) is 14.8. The van der Waals surface area contributed by atoms with E-state index in [1.807, 2.05) is 6.07 Å². The predicted octanol–water partition coefficient (Wildman–Crippen LogP) is 5.01. The van der Waals surface area contributed by atoms with Crippen LogP contribution in [0.4, 0.5) is 0 Å². The number of carbonyl (C=O) groups excluding carboxylic acids is 1. The van der Waals surface area contributed by atoms with Crippen molar-refractivity contribution in [3.8, 4) is 0 Å². The predicted molar refractivity (Wildman–Crippen MR) is 109 cm³/mol. The Hall–Kier alpha value is -2.24. The van der Waals surface area contributed by atoms with Crippen LogP contribution in [0.5, 0.6) is 0 Å². The van der Waals surface area contributed by atoms with Gasteiger partial charge in [0.2, 0.25) is 0 Å². The molecule has 0 saturated carbocycles. The Morgan fingerprint density at radius 1 is 0.760 bits per heavy atom. The summed E-state index contributed by atoms with van der Waals surface area (Å²) in [5.41, 5.74) is 1.44. The molecule has 0 saturated heterocycles. The van der Waals surface area contributed by atoms with Crippen LogP contribution in [-0.2, 0) is 4.79 Å². The maximum Gasteiger partial charge on any atom is 0.134 e. The smallest absolute Gasteiger partial charge is 0.134 e. The van der Waals surface area contributed by atoms with Crippen molar-refractivity contribution in [2.24, 2.45) is 0 Å². The minimum atomic E-state index is -1.78. The van der Waals surface area contributed by atoms with Gasteiger partial charge in [-0.1, -0.05) is 66.7 Å². The lowest BCUT2D eigenvalue weighted by atomic mass is 10.1. The Morgan fingerprint density at radius 2 is 1.16 bits per heavy atom. The van der Waals surface area contributed by atoms with E-state index in [4.69, 9.17) is 0 Å². The summed E-state index contributed by atoms with van der Waals surface area (Å²) < 4.78 is 0. The van der Waals surface area contributed by atoms with Crippen LogP contribution < -0.4 is 10.6 Å². The van der Waals surface area contributed by atoms with Gasteiger partial charge in [-0.2, -0.15) is 0 Å². The number of hydrogen-bond acceptors (Lipinski definition) is 1. The monoisotopic (exact) mass is 347 g/mol. The Labute approximate surface area is 151 Å². The molecule has 1 atom stereocenters. The zero-order chi connectivity index (χ0) is 17.7. The normalized spacial score (nSPS) is 12.6. The van der Waals surface area contributed by atoms with Crippen molar-refractivity contribution in [3.63, 3.8) is 0 Å². The van der Waals surface area contributed by atoms with E-state index in [1.54, 1.807) is 6.92 Å². The van der Waals surface area contributed by atoms with E-state index in [1.165, 1.54) is 16.2 Å². The fourth-order valence-corrected chi connectivity index (χ4v) is 7.52. The Kier molecular flexibility index (Phi) is 5.46. The molecular weight excluding hydrogens is 323 g/mol. The zero-order valence-corrected chi connectivity index (χ0v) is 15.7. The standard InChI is InChI=1S/C23H24OP/c1-19(24)18-23(20-12-6-3-7-13-20)25(2,21-14-8-4-9-15-21)22-16-10-5-11-17-22/h3-17,23H,18H2,1-2H3/q+1. The fraction of sp³-hybridized carbons (Fsp3) is 0.174. The second-order valence-corrected chi connectivity index (χ2v) is 10.4. The molecule has 0 aliphatic carbocycles. The van der Waals surface area contributed by atoms with Crippen LogP contribution in [0.2, 0.25) is 0 Å². The number of hydrogen-bond donors (Lipinski definition) is 0. The Morgan fingerprint density at radius 3 is 1.56 bits per heavy atom. The lowest BCUT2D eigenvalue weighted by molar-refractivity contribution is -0.117. The molecule has 0 bridgehead atoms. The van der Waals surface area contributed by atoms with E-state index in [2.05, 4.69) is 91.6 Å². The molecular formula is C23H24OP+. The summed E-state index contributed by atoms with van der Waals surface area (Å²) in [6.45, 7) is 4.08. The first kappa shape index (κ1) is 17.6. The number of carbonyl (C=O) groups is 1. The van der Waals surface area contributed by atoms with Crippen LogP contribution in [-0.4, -0.2) is 12.4 Å². The molecule has 0 fully saturated rings. The van der Waals surface area contributed by atoms with E-state index in [9.17, 15) is 4.79 Å². The first-order valence-electron chi connectivity index (χ1n) is 8.64. The highest BCUT2D eigenvalue weighted by atomic mass is 31.2. The van der Waals surface area contributed by atoms with Crippen LogP contribution in [0, 0.1) is 0 Å². The molecule has 2 heteroatoms. The summed E-state index contributed by atoms with van der Waals surface area (Å²) >= 11 is 0. The molecule has 0 spiro atoms. The van der Waals surface area contributed by atoms with Crippen LogP contribution >= 0.6 is 7.26 Å². The molecule has 1 unspecified atom stereocenters. The summed E-state index contributed by atoms with van der Waals surface area (Å²) in [5, 5.41) is 2.69. The minimum absolute atomic E-state index is 0.191. The number of rotatable bonds is 6. The van der Waals surface area contributed by atoms with Gasteiger partial charge in [-0.15, -0.1) is 0 Å². The molecule has 0 heterocycles. The van der Waals surface area contributed by atoms with Crippen molar-refractivity contribution < 1.29 is 4.79 Å². The molecule has 3 rings (SSSR count). The van der Waals surface area contributed by atoms with Crippen LogP contribution in [0.1, 0.15) is 24.6 Å². The van der Waals surface area contributed by atoms with Crippen molar-refractivity contribution >= 4 is 23.7 Å². The molecule has 0 radical (unpaired) electrons. The van der Waals surface area contributed by atoms with Crippen LogP contribution in [0.25, 0.3) is 0 Å². The molecule has 0 aliphatic heterocycles. The molecule has 25 heavy (non-hydrogen) atoms. The molecule has 0 aliphatic rings. The summed E-state index contributed by atoms with van der Waals surface area (Å²) in [6, 6.07) is 31.9. The molecule has 0 amide bonds. The number of ketones is 1. The van der Waals surface area contributed by atoms with Crippen molar-refractivity contribution in [1.82, 2.24) is 0 Å². The van der Waals surface area contributed by atoms with Gasteiger partial charge in [-0.05, 0) is 36.8 Å². The summed E-state index contributed by atoms with van der Waals surface area (Å²) in [7, 11) is -1.78. The highest BCUT2D eigenvalue weighted by Gasteiger charge is 2.46. The molecule has 0 N–H and O–H groups in total. The Bertz CT molecular complexity index is 773. The summed E-state index contributed by atoms with van der Waals surface area (Å²) in [5.74, 6) is 0.243.